The summed E-state index contributed by atoms with van der Waals surface area (Å²) in [7, 11) is 2.22. The lowest BCUT2D eigenvalue weighted by atomic mass is 9.86. The predicted molar refractivity (Wildman–Crippen MR) is 63.9 cm³/mol. The van der Waals surface area contributed by atoms with E-state index in [9.17, 15) is 0 Å². The van der Waals surface area contributed by atoms with Crippen molar-refractivity contribution in [1.82, 2.24) is 9.80 Å². The summed E-state index contributed by atoms with van der Waals surface area (Å²) in [6.07, 6.45) is 5.26. The van der Waals surface area contributed by atoms with E-state index in [-0.39, 0.29) is 0 Å². The molecule has 15 heavy (non-hydrogen) atoms. The van der Waals surface area contributed by atoms with Crippen molar-refractivity contribution >= 4 is 0 Å². The second kappa shape index (κ2) is 5.28. The van der Waals surface area contributed by atoms with E-state index in [1.165, 1.54) is 58.4 Å². The van der Waals surface area contributed by atoms with E-state index in [1.54, 1.807) is 0 Å². The van der Waals surface area contributed by atoms with Gasteiger partial charge in [0.1, 0.15) is 0 Å². The third kappa shape index (κ3) is 3.44. The molecule has 2 rings (SSSR count). The third-order valence-electron chi connectivity index (χ3n) is 3.94. The molecular formula is C12H25N3. The maximum Gasteiger partial charge on any atom is 0.0110 e. The Balaban J connectivity index is 1.71. The molecule has 3 nitrogen and oxygen atoms in total. The molecule has 0 unspecified atom stereocenters. The molecule has 0 radical (unpaired) electrons. The molecule has 1 saturated heterocycles. The van der Waals surface area contributed by atoms with Crippen LogP contribution in [0.5, 0.6) is 0 Å². The first-order valence-corrected chi connectivity index (χ1v) is 6.40. The standard InChI is InChI=1S/C12H25N3/c1-14-5-7-15(8-6-14)10-11-3-2-4-12(13)9-11/h11-12H,2-10,13H2,1H3/t11-,12+/m0/s1. The molecule has 2 fully saturated rings. The second-order valence-corrected chi connectivity index (χ2v) is 5.40. The molecule has 1 saturated carbocycles. The highest BCUT2D eigenvalue weighted by atomic mass is 15.2. The van der Waals surface area contributed by atoms with Crippen molar-refractivity contribution in [3.63, 3.8) is 0 Å². The molecule has 0 spiro atoms. The van der Waals surface area contributed by atoms with Gasteiger partial charge in [0.25, 0.3) is 0 Å². The molecule has 2 atom stereocenters. The van der Waals surface area contributed by atoms with Crippen LogP contribution < -0.4 is 5.73 Å². The number of nitrogens with two attached hydrogens (primary N) is 1. The van der Waals surface area contributed by atoms with E-state index >= 15 is 0 Å². The molecule has 0 amide bonds. The number of hydrogen-bond donors (Lipinski definition) is 1. The number of nitrogens with zero attached hydrogens (tertiary/aromatic N) is 2. The number of hydrogen-bond acceptors (Lipinski definition) is 3. The van der Waals surface area contributed by atoms with Crippen LogP contribution >= 0.6 is 0 Å². The maximum absolute atomic E-state index is 6.03. The van der Waals surface area contributed by atoms with Gasteiger partial charge in [0.2, 0.25) is 0 Å². The molecule has 1 aliphatic carbocycles. The highest BCUT2D eigenvalue weighted by molar-refractivity contribution is 4.79. The van der Waals surface area contributed by atoms with Gasteiger partial charge in [-0.1, -0.05) is 6.42 Å². The molecule has 88 valence electrons. The Morgan fingerprint density at radius 3 is 2.53 bits per heavy atom. The van der Waals surface area contributed by atoms with Gasteiger partial charge in [-0.05, 0) is 32.2 Å². The lowest BCUT2D eigenvalue weighted by Crippen LogP contribution is -2.47. The van der Waals surface area contributed by atoms with Crippen molar-refractivity contribution in [2.45, 2.75) is 31.7 Å². The average molecular weight is 211 g/mol. The van der Waals surface area contributed by atoms with Gasteiger partial charge in [0, 0.05) is 38.8 Å². The minimum Gasteiger partial charge on any atom is -0.328 e. The van der Waals surface area contributed by atoms with Crippen molar-refractivity contribution in [2.24, 2.45) is 11.7 Å². The Kier molecular flexibility index (Phi) is 4.00. The molecular weight excluding hydrogens is 186 g/mol. The minimum atomic E-state index is 0.483. The van der Waals surface area contributed by atoms with Crippen LogP contribution in [0.15, 0.2) is 0 Å². The van der Waals surface area contributed by atoms with E-state index in [0.29, 0.717) is 6.04 Å². The summed E-state index contributed by atoms with van der Waals surface area (Å²) in [6.45, 7) is 6.27. The lowest BCUT2D eigenvalue weighted by Gasteiger charge is -2.36. The van der Waals surface area contributed by atoms with Gasteiger partial charge in [-0.25, -0.2) is 0 Å². The van der Waals surface area contributed by atoms with E-state index in [0.717, 1.165) is 5.92 Å². The van der Waals surface area contributed by atoms with Crippen molar-refractivity contribution in [3.8, 4) is 0 Å². The van der Waals surface area contributed by atoms with Gasteiger partial charge < -0.3 is 15.5 Å². The first-order valence-electron chi connectivity index (χ1n) is 6.40. The van der Waals surface area contributed by atoms with Gasteiger partial charge in [-0.3, -0.25) is 0 Å². The fourth-order valence-corrected chi connectivity index (χ4v) is 2.89. The van der Waals surface area contributed by atoms with Crippen LogP contribution in [0.1, 0.15) is 25.7 Å². The first-order chi connectivity index (χ1) is 7.24. The molecule has 0 aromatic heterocycles. The van der Waals surface area contributed by atoms with Crippen LogP contribution in [-0.2, 0) is 0 Å². The van der Waals surface area contributed by atoms with E-state index < -0.39 is 0 Å². The molecule has 2 aliphatic rings. The summed E-state index contributed by atoms with van der Waals surface area (Å²) in [6, 6.07) is 0.483. The van der Waals surface area contributed by atoms with E-state index in [2.05, 4.69) is 16.8 Å². The molecule has 0 bridgehead atoms. The van der Waals surface area contributed by atoms with Crippen LogP contribution in [0.2, 0.25) is 0 Å². The minimum absolute atomic E-state index is 0.483. The molecule has 0 aromatic carbocycles. The Morgan fingerprint density at radius 2 is 1.87 bits per heavy atom. The fourth-order valence-electron chi connectivity index (χ4n) is 2.89. The largest absolute Gasteiger partial charge is 0.328 e. The summed E-state index contributed by atoms with van der Waals surface area (Å²) >= 11 is 0. The van der Waals surface area contributed by atoms with Crippen molar-refractivity contribution in [3.05, 3.63) is 0 Å². The number of likely N-dealkylation sites (N-methyl/N-ethyl adjacent to an activating group) is 1. The summed E-state index contributed by atoms with van der Waals surface area (Å²) in [5, 5.41) is 0. The molecule has 0 aromatic rings. The second-order valence-electron chi connectivity index (χ2n) is 5.40. The zero-order chi connectivity index (χ0) is 10.7. The summed E-state index contributed by atoms with van der Waals surface area (Å²) < 4.78 is 0. The van der Waals surface area contributed by atoms with Gasteiger partial charge in [-0.15, -0.1) is 0 Å². The summed E-state index contributed by atoms with van der Waals surface area (Å²) in [4.78, 5) is 5.05. The zero-order valence-electron chi connectivity index (χ0n) is 9.99. The Bertz CT molecular complexity index is 187. The number of piperazine rings is 1. The lowest BCUT2D eigenvalue weighted by molar-refractivity contribution is 0.123. The predicted octanol–water partition coefficient (Wildman–Crippen LogP) is 0.751. The first kappa shape index (κ1) is 11.4. The van der Waals surface area contributed by atoms with Crippen molar-refractivity contribution in [2.75, 3.05) is 39.8 Å². The molecule has 3 heteroatoms. The van der Waals surface area contributed by atoms with Gasteiger partial charge >= 0.3 is 0 Å². The monoisotopic (exact) mass is 211 g/mol. The van der Waals surface area contributed by atoms with Gasteiger partial charge in [-0.2, -0.15) is 0 Å². The van der Waals surface area contributed by atoms with Gasteiger partial charge in [0.15, 0.2) is 0 Å². The highest BCUT2D eigenvalue weighted by Crippen LogP contribution is 2.24. The van der Waals surface area contributed by atoms with Crippen LogP contribution in [0, 0.1) is 5.92 Å². The normalized spacial score (nSPS) is 35.6. The summed E-state index contributed by atoms with van der Waals surface area (Å²) in [5.74, 6) is 0.872. The van der Waals surface area contributed by atoms with Crippen molar-refractivity contribution < 1.29 is 0 Å². The highest BCUT2D eigenvalue weighted by Gasteiger charge is 2.22. The zero-order valence-corrected chi connectivity index (χ0v) is 9.99. The Hall–Kier alpha value is -0.120. The molecule has 2 N–H and O–H groups in total. The quantitative estimate of drug-likeness (QED) is 0.731. The average Bonchev–Trinajstić information content (AvgIpc) is 2.22. The third-order valence-corrected chi connectivity index (χ3v) is 3.94. The van der Waals surface area contributed by atoms with Gasteiger partial charge in [0.05, 0.1) is 0 Å². The van der Waals surface area contributed by atoms with Crippen LogP contribution in [0.4, 0.5) is 0 Å². The topological polar surface area (TPSA) is 32.5 Å². The molecule has 1 aliphatic heterocycles. The SMILES string of the molecule is CN1CCN(C[C@H]2CCC[C@@H](N)C2)CC1. The van der Waals surface area contributed by atoms with E-state index in [4.69, 9.17) is 5.73 Å². The molecule has 1 heterocycles. The van der Waals surface area contributed by atoms with Crippen LogP contribution in [0.3, 0.4) is 0 Å². The fraction of sp³-hybridized carbons (Fsp3) is 1.00. The Morgan fingerprint density at radius 1 is 1.13 bits per heavy atom. The smallest absolute Gasteiger partial charge is 0.0110 e. The Labute approximate surface area is 93.6 Å². The van der Waals surface area contributed by atoms with Crippen molar-refractivity contribution in [1.29, 1.82) is 0 Å². The number of rotatable bonds is 2. The maximum atomic E-state index is 6.03. The van der Waals surface area contributed by atoms with E-state index in [1.807, 2.05) is 0 Å². The van der Waals surface area contributed by atoms with Crippen LogP contribution in [0.25, 0.3) is 0 Å². The summed E-state index contributed by atoms with van der Waals surface area (Å²) in [5.41, 5.74) is 6.03. The van der Waals surface area contributed by atoms with Crippen LogP contribution in [-0.4, -0.2) is 55.6 Å².